The first kappa shape index (κ1) is 20.1. The zero-order chi connectivity index (χ0) is 18.6. The van der Waals surface area contributed by atoms with E-state index < -0.39 is 0 Å². The second-order valence-electron chi connectivity index (χ2n) is 5.99. The first-order chi connectivity index (χ1) is 12.7. The summed E-state index contributed by atoms with van der Waals surface area (Å²) in [5.74, 6) is 0.896. The Labute approximate surface area is 155 Å². The van der Waals surface area contributed by atoms with Crippen molar-refractivity contribution in [1.29, 1.82) is 0 Å². The number of ether oxygens (including phenoxy) is 2. The number of rotatable bonds is 12. The molecule has 5 heteroatoms. The summed E-state index contributed by atoms with van der Waals surface area (Å²) in [6, 6.07) is 17.4. The highest BCUT2D eigenvalue weighted by Crippen LogP contribution is 2.14. The van der Waals surface area contributed by atoms with Gasteiger partial charge in [0.2, 0.25) is 0 Å². The van der Waals surface area contributed by atoms with Gasteiger partial charge < -0.3 is 20.1 Å². The van der Waals surface area contributed by atoms with Crippen LogP contribution in [0.15, 0.2) is 54.6 Å². The van der Waals surface area contributed by atoms with Crippen LogP contribution in [0, 0.1) is 0 Å². The van der Waals surface area contributed by atoms with Crippen molar-refractivity contribution in [2.45, 2.75) is 12.5 Å². The molecule has 0 aliphatic carbocycles. The SMILES string of the molecule is COc1ccc(C(=O)CCNCCNCC(OC)c2ccccc2)cc1. The molecule has 140 valence electrons. The van der Waals surface area contributed by atoms with E-state index in [1.165, 1.54) is 5.56 Å². The van der Waals surface area contributed by atoms with Gasteiger partial charge in [-0.05, 0) is 29.8 Å². The number of ketones is 1. The molecule has 1 unspecified atom stereocenters. The molecule has 2 aromatic carbocycles. The van der Waals surface area contributed by atoms with Crippen LogP contribution in [0.4, 0.5) is 0 Å². The molecular formula is C21H28N2O3. The van der Waals surface area contributed by atoms with Crippen molar-refractivity contribution in [3.8, 4) is 5.75 Å². The zero-order valence-electron chi connectivity index (χ0n) is 15.5. The van der Waals surface area contributed by atoms with Crippen LogP contribution < -0.4 is 15.4 Å². The Morgan fingerprint density at radius 1 is 0.923 bits per heavy atom. The molecule has 2 aromatic rings. The van der Waals surface area contributed by atoms with Gasteiger partial charge in [0.15, 0.2) is 5.78 Å². The zero-order valence-corrected chi connectivity index (χ0v) is 15.5. The van der Waals surface area contributed by atoms with E-state index in [4.69, 9.17) is 9.47 Å². The van der Waals surface area contributed by atoms with Crippen molar-refractivity contribution in [2.24, 2.45) is 0 Å². The Morgan fingerprint density at radius 2 is 1.62 bits per heavy atom. The summed E-state index contributed by atoms with van der Waals surface area (Å²) >= 11 is 0. The molecule has 0 spiro atoms. The van der Waals surface area contributed by atoms with Crippen molar-refractivity contribution < 1.29 is 14.3 Å². The Kier molecular flexibility index (Phi) is 8.83. The summed E-state index contributed by atoms with van der Waals surface area (Å²) < 4.78 is 10.6. The normalized spacial score (nSPS) is 11.9. The maximum absolute atomic E-state index is 12.1. The summed E-state index contributed by atoms with van der Waals surface area (Å²) in [5.41, 5.74) is 1.89. The Bertz CT molecular complexity index is 644. The van der Waals surface area contributed by atoms with Gasteiger partial charge in [-0.15, -0.1) is 0 Å². The van der Waals surface area contributed by atoms with Crippen molar-refractivity contribution >= 4 is 5.78 Å². The first-order valence-corrected chi connectivity index (χ1v) is 8.91. The molecule has 2 N–H and O–H groups in total. The Hall–Kier alpha value is -2.21. The fourth-order valence-electron chi connectivity index (χ4n) is 2.66. The van der Waals surface area contributed by atoms with Crippen molar-refractivity contribution in [1.82, 2.24) is 10.6 Å². The summed E-state index contributed by atoms with van der Waals surface area (Å²) in [6.07, 6.45) is 0.532. The van der Waals surface area contributed by atoms with Crippen molar-refractivity contribution in [3.63, 3.8) is 0 Å². The van der Waals surface area contributed by atoms with Crippen LogP contribution in [0.1, 0.15) is 28.4 Å². The number of hydrogen-bond acceptors (Lipinski definition) is 5. The summed E-state index contributed by atoms with van der Waals surface area (Å²) in [6.45, 7) is 3.05. The van der Waals surface area contributed by atoms with Gasteiger partial charge in [0.05, 0.1) is 13.2 Å². The molecule has 26 heavy (non-hydrogen) atoms. The molecule has 0 saturated carbocycles. The highest BCUT2D eigenvalue weighted by atomic mass is 16.5. The molecular weight excluding hydrogens is 328 g/mol. The molecule has 0 aliphatic rings. The van der Waals surface area contributed by atoms with Gasteiger partial charge in [0.25, 0.3) is 0 Å². The molecule has 1 atom stereocenters. The van der Waals surface area contributed by atoms with Crippen LogP contribution in [-0.4, -0.2) is 46.2 Å². The molecule has 0 heterocycles. The minimum atomic E-state index is 0.0489. The van der Waals surface area contributed by atoms with E-state index >= 15 is 0 Å². The van der Waals surface area contributed by atoms with Crippen LogP contribution >= 0.6 is 0 Å². The topological polar surface area (TPSA) is 59.6 Å². The van der Waals surface area contributed by atoms with Gasteiger partial charge in [-0.25, -0.2) is 0 Å². The third-order valence-electron chi connectivity index (χ3n) is 4.20. The summed E-state index contributed by atoms with van der Waals surface area (Å²) in [4.78, 5) is 12.1. The van der Waals surface area contributed by atoms with E-state index in [2.05, 4.69) is 22.8 Å². The van der Waals surface area contributed by atoms with Crippen LogP contribution in [0.25, 0.3) is 0 Å². The van der Waals surface area contributed by atoms with Crippen molar-refractivity contribution in [3.05, 3.63) is 65.7 Å². The molecule has 0 aromatic heterocycles. The van der Waals surface area contributed by atoms with Gasteiger partial charge in [0, 0.05) is 45.3 Å². The number of benzene rings is 2. The van der Waals surface area contributed by atoms with Gasteiger partial charge in [-0.3, -0.25) is 4.79 Å². The van der Waals surface area contributed by atoms with Gasteiger partial charge in [-0.2, -0.15) is 0 Å². The van der Waals surface area contributed by atoms with Gasteiger partial charge >= 0.3 is 0 Å². The molecule has 2 rings (SSSR count). The quantitative estimate of drug-likeness (QED) is 0.452. The van der Waals surface area contributed by atoms with Crippen LogP contribution in [0.2, 0.25) is 0 Å². The lowest BCUT2D eigenvalue weighted by Gasteiger charge is -2.16. The Balaban J connectivity index is 1.58. The molecule has 0 radical (unpaired) electrons. The number of carbonyl (C=O) groups excluding carboxylic acids is 1. The third-order valence-corrected chi connectivity index (χ3v) is 4.20. The summed E-state index contributed by atoms with van der Waals surface area (Å²) in [5, 5.41) is 6.67. The van der Waals surface area contributed by atoms with Crippen LogP contribution in [0.3, 0.4) is 0 Å². The fourth-order valence-corrected chi connectivity index (χ4v) is 2.66. The van der Waals surface area contributed by atoms with Crippen LogP contribution in [-0.2, 0) is 4.74 Å². The minimum Gasteiger partial charge on any atom is -0.497 e. The lowest BCUT2D eigenvalue weighted by Crippen LogP contribution is -2.31. The minimum absolute atomic E-state index is 0.0489. The number of Topliss-reactive ketones (excluding diaryl/α,β-unsaturated/α-hetero) is 1. The predicted molar refractivity (Wildman–Crippen MR) is 104 cm³/mol. The van der Waals surface area contributed by atoms with Gasteiger partial charge in [0.1, 0.15) is 5.75 Å². The van der Waals surface area contributed by atoms with E-state index in [0.29, 0.717) is 13.0 Å². The van der Waals surface area contributed by atoms with E-state index in [-0.39, 0.29) is 11.9 Å². The Morgan fingerprint density at radius 3 is 2.27 bits per heavy atom. The van der Waals surface area contributed by atoms with E-state index in [0.717, 1.165) is 30.9 Å². The largest absolute Gasteiger partial charge is 0.497 e. The van der Waals surface area contributed by atoms with Crippen molar-refractivity contribution in [2.75, 3.05) is 40.4 Å². The second-order valence-corrected chi connectivity index (χ2v) is 5.99. The van der Waals surface area contributed by atoms with Gasteiger partial charge in [-0.1, -0.05) is 30.3 Å². The van der Waals surface area contributed by atoms with E-state index in [9.17, 15) is 4.79 Å². The van der Waals surface area contributed by atoms with E-state index in [1.807, 2.05) is 30.3 Å². The molecule has 0 bridgehead atoms. The highest BCUT2D eigenvalue weighted by Gasteiger charge is 2.09. The second kappa shape index (κ2) is 11.4. The summed E-state index contributed by atoms with van der Waals surface area (Å²) in [7, 11) is 3.34. The first-order valence-electron chi connectivity index (χ1n) is 8.91. The maximum atomic E-state index is 12.1. The average Bonchev–Trinajstić information content (AvgIpc) is 2.70. The number of nitrogens with one attached hydrogen (secondary N) is 2. The lowest BCUT2D eigenvalue weighted by atomic mass is 10.1. The number of carbonyl (C=O) groups is 1. The molecule has 0 fully saturated rings. The molecule has 5 nitrogen and oxygen atoms in total. The molecule has 0 aliphatic heterocycles. The fraction of sp³-hybridized carbons (Fsp3) is 0.381. The number of hydrogen-bond donors (Lipinski definition) is 2. The van der Waals surface area contributed by atoms with Crippen LogP contribution in [0.5, 0.6) is 5.75 Å². The average molecular weight is 356 g/mol. The third kappa shape index (κ3) is 6.59. The molecule has 0 amide bonds. The lowest BCUT2D eigenvalue weighted by molar-refractivity contribution is 0.0982. The molecule has 0 saturated heterocycles. The highest BCUT2D eigenvalue weighted by molar-refractivity contribution is 5.96. The monoisotopic (exact) mass is 356 g/mol. The van der Waals surface area contributed by atoms with E-state index in [1.54, 1.807) is 26.4 Å². The predicted octanol–water partition coefficient (Wildman–Crippen LogP) is 2.83. The standard InChI is InChI=1S/C21H28N2O3/c1-25-19-10-8-17(9-11-19)20(24)12-13-22-14-15-23-16-21(26-2)18-6-4-3-5-7-18/h3-11,21-23H,12-16H2,1-2H3. The number of methoxy groups -OCH3 is 2. The maximum Gasteiger partial charge on any atom is 0.164 e. The smallest absolute Gasteiger partial charge is 0.164 e.